The van der Waals surface area contributed by atoms with E-state index in [1.807, 2.05) is 19.1 Å². The molecule has 7 heteroatoms. The van der Waals surface area contributed by atoms with Crippen LogP contribution < -0.4 is 14.2 Å². The molecule has 0 bridgehead atoms. The van der Waals surface area contributed by atoms with Crippen LogP contribution in [-0.2, 0) is 4.79 Å². The van der Waals surface area contributed by atoms with Gasteiger partial charge in [-0.1, -0.05) is 42.8 Å². The van der Waals surface area contributed by atoms with Crippen molar-refractivity contribution in [3.05, 3.63) is 88.7 Å². The number of hydrogen-bond acceptors (Lipinski definition) is 4. The minimum atomic E-state index is -0.887. The number of carbonyl (C=O) groups is 1. The topological polar surface area (TPSA) is 65.0 Å². The van der Waals surface area contributed by atoms with Crippen LogP contribution in [0.1, 0.15) is 30.4 Å². The smallest absolute Gasteiger partial charge is 0.307 e. The molecule has 0 saturated heterocycles. The summed E-state index contributed by atoms with van der Waals surface area (Å²) in [5.74, 6) is -0.430. The summed E-state index contributed by atoms with van der Waals surface area (Å²) < 4.78 is 30.9. The molecule has 4 rings (SSSR count). The summed E-state index contributed by atoms with van der Waals surface area (Å²) >= 11 is 6.02. The van der Waals surface area contributed by atoms with Gasteiger partial charge >= 0.3 is 5.97 Å². The first kappa shape index (κ1) is 22.9. The molecule has 0 saturated carbocycles. The van der Waals surface area contributed by atoms with Crippen molar-refractivity contribution in [2.75, 3.05) is 13.2 Å². The normalized spacial score (nSPS) is 16.6. The summed E-state index contributed by atoms with van der Waals surface area (Å²) in [7, 11) is 0. The third kappa shape index (κ3) is 5.40. The zero-order valence-electron chi connectivity index (χ0n) is 18.0. The number of fused-ring (bicyclic) bond motifs is 1. The number of rotatable bonds is 8. The lowest BCUT2D eigenvalue weighted by atomic mass is 9.79. The van der Waals surface area contributed by atoms with Gasteiger partial charge in [0.25, 0.3) is 0 Å². The van der Waals surface area contributed by atoms with E-state index in [9.17, 15) is 14.3 Å². The largest absolute Gasteiger partial charge is 0.490 e. The van der Waals surface area contributed by atoms with E-state index in [4.69, 9.17) is 25.8 Å². The molecule has 33 heavy (non-hydrogen) atoms. The molecule has 0 aromatic heterocycles. The van der Waals surface area contributed by atoms with Gasteiger partial charge in [-0.05, 0) is 53.9 Å². The average molecular weight is 471 g/mol. The maximum absolute atomic E-state index is 13.4. The maximum atomic E-state index is 13.4. The van der Waals surface area contributed by atoms with E-state index in [0.717, 1.165) is 11.1 Å². The highest BCUT2D eigenvalue weighted by molar-refractivity contribution is 6.30. The summed E-state index contributed by atoms with van der Waals surface area (Å²) in [4.78, 5) is 11.9. The van der Waals surface area contributed by atoms with Crippen molar-refractivity contribution >= 4 is 17.6 Å². The Morgan fingerprint density at radius 3 is 2.39 bits per heavy atom. The molecule has 0 fully saturated rings. The highest BCUT2D eigenvalue weighted by atomic mass is 35.5. The van der Waals surface area contributed by atoms with E-state index in [0.29, 0.717) is 35.3 Å². The Balaban J connectivity index is 1.46. The zero-order valence-corrected chi connectivity index (χ0v) is 18.8. The van der Waals surface area contributed by atoms with Crippen molar-refractivity contribution in [2.45, 2.75) is 25.4 Å². The lowest BCUT2D eigenvalue weighted by molar-refractivity contribution is -0.142. The SMILES string of the molecule is CCC(C(=O)O)C(c1ccc(F)cc1)c1ccc(OCC2COc3ccc(Cl)cc3O2)cc1. The molecule has 0 amide bonds. The second-order valence-electron chi connectivity index (χ2n) is 7.90. The Kier molecular flexibility index (Phi) is 7.04. The number of benzene rings is 3. The van der Waals surface area contributed by atoms with Crippen LogP contribution in [0.25, 0.3) is 0 Å². The number of carboxylic acid groups (broad SMARTS) is 1. The second-order valence-corrected chi connectivity index (χ2v) is 8.34. The molecular formula is C26H24ClFO5. The van der Waals surface area contributed by atoms with Crippen LogP contribution >= 0.6 is 11.6 Å². The third-order valence-electron chi connectivity index (χ3n) is 5.69. The Morgan fingerprint density at radius 2 is 1.76 bits per heavy atom. The van der Waals surface area contributed by atoms with Crippen molar-refractivity contribution in [1.82, 2.24) is 0 Å². The predicted octanol–water partition coefficient (Wildman–Crippen LogP) is 5.94. The fourth-order valence-electron chi connectivity index (χ4n) is 4.01. The summed E-state index contributed by atoms with van der Waals surface area (Å²) in [5, 5.41) is 10.3. The van der Waals surface area contributed by atoms with Crippen molar-refractivity contribution in [3.63, 3.8) is 0 Å². The second kappa shape index (κ2) is 10.1. The highest BCUT2D eigenvalue weighted by Gasteiger charge is 2.29. The Hall–Kier alpha value is -3.25. The molecule has 1 heterocycles. The van der Waals surface area contributed by atoms with E-state index in [2.05, 4.69) is 0 Å². The molecule has 0 spiro atoms. The quantitative estimate of drug-likeness (QED) is 0.441. The first-order valence-electron chi connectivity index (χ1n) is 10.7. The summed E-state index contributed by atoms with van der Waals surface area (Å²) in [6.45, 7) is 2.47. The molecule has 1 aliphatic rings. The van der Waals surface area contributed by atoms with E-state index >= 15 is 0 Å². The minimum Gasteiger partial charge on any atom is -0.490 e. The lowest BCUT2D eigenvalue weighted by Crippen LogP contribution is -2.34. The minimum absolute atomic E-state index is 0.277. The van der Waals surface area contributed by atoms with Gasteiger partial charge in [0.05, 0.1) is 5.92 Å². The monoisotopic (exact) mass is 470 g/mol. The van der Waals surface area contributed by atoms with Gasteiger partial charge in [-0.25, -0.2) is 4.39 Å². The van der Waals surface area contributed by atoms with E-state index in [1.165, 1.54) is 12.1 Å². The van der Waals surface area contributed by atoms with Crippen LogP contribution in [0.3, 0.4) is 0 Å². The van der Waals surface area contributed by atoms with Crippen molar-refractivity contribution in [1.29, 1.82) is 0 Å². The Morgan fingerprint density at radius 1 is 1.09 bits per heavy atom. The highest BCUT2D eigenvalue weighted by Crippen LogP contribution is 2.36. The van der Waals surface area contributed by atoms with Gasteiger partial charge in [-0.2, -0.15) is 0 Å². The van der Waals surface area contributed by atoms with Crippen LogP contribution in [0.2, 0.25) is 5.02 Å². The van der Waals surface area contributed by atoms with Crippen LogP contribution in [0, 0.1) is 11.7 Å². The molecule has 172 valence electrons. The fraction of sp³-hybridized carbons (Fsp3) is 0.269. The molecule has 3 aromatic rings. The first-order chi connectivity index (χ1) is 15.9. The summed E-state index contributed by atoms with van der Waals surface area (Å²) in [6, 6.07) is 18.5. The van der Waals surface area contributed by atoms with Gasteiger partial charge in [0.15, 0.2) is 17.6 Å². The Labute approximate surface area is 196 Å². The van der Waals surface area contributed by atoms with E-state index < -0.39 is 17.8 Å². The van der Waals surface area contributed by atoms with Gasteiger partial charge in [0.1, 0.15) is 24.8 Å². The molecule has 5 nitrogen and oxygen atoms in total. The van der Waals surface area contributed by atoms with Crippen molar-refractivity contribution in [3.8, 4) is 17.2 Å². The number of carboxylic acids is 1. The molecule has 3 aromatic carbocycles. The zero-order chi connectivity index (χ0) is 23.4. The van der Waals surface area contributed by atoms with Crippen LogP contribution in [0.5, 0.6) is 17.2 Å². The number of ether oxygens (including phenoxy) is 3. The predicted molar refractivity (Wildman–Crippen MR) is 123 cm³/mol. The Bertz CT molecular complexity index is 1100. The lowest BCUT2D eigenvalue weighted by Gasteiger charge is -2.27. The van der Waals surface area contributed by atoms with Crippen LogP contribution in [0.15, 0.2) is 66.7 Å². The van der Waals surface area contributed by atoms with Crippen molar-refractivity contribution < 1.29 is 28.5 Å². The van der Waals surface area contributed by atoms with Gasteiger partial charge in [0, 0.05) is 17.0 Å². The van der Waals surface area contributed by atoms with E-state index in [-0.39, 0.29) is 18.5 Å². The number of hydrogen-bond donors (Lipinski definition) is 1. The molecule has 0 radical (unpaired) electrons. The standard InChI is InChI=1S/C26H24ClFO5/c1-2-22(26(29)30)25(16-3-8-19(28)9-4-16)17-5-10-20(11-6-17)31-14-21-15-32-23-12-7-18(27)13-24(23)33-21/h3-13,21-22,25H,2,14-15H2,1H3,(H,29,30). The third-order valence-corrected chi connectivity index (χ3v) is 5.92. The molecule has 3 unspecified atom stereocenters. The van der Waals surface area contributed by atoms with Gasteiger partial charge in [-0.3, -0.25) is 4.79 Å². The maximum Gasteiger partial charge on any atom is 0.307 e. The molecule has 3 atom stereocenters. The van der Waals surface area contributed by atoms with Gasteiger partial charge in [0.2, 0.25) is 0 Å². The number of halogens is 2. The van der Waals surface area contributed by atoms with Crippen LogP contribution in [0.4, 0.5) is 4.39 Å². The average Bonchev–Trinajstić information content (AvgIpc) is 2.82. The number of aliphatic carboxylic acids is 1. The molecule has 0 aliphatic carbocycles. The summed E-state index contributed by atoms with van der Waals surface area (Å²) in [6.07, 6.45) is 0.152. The molecule has 1 N–H and O–H groups in total. The first-order valence-corrected chi connectivity index (χ1v) is 11.1. The molecular weight excluding hydrogens is 447 g/mol. The fourth-order valence-corrected chi connectivity index (χ4v) is 4.17. The van der Waals surface area contributed by atoms with Crippen molar-refractivity contribution in [2.24, 2.45) is 5.92 Å². The summed E-state index contributed by atoms with van der Waals surface area (Å²) in [5.41, 5.74) is 1.58. The van der Waals surface area contributed by atoms with Crippen LogP contribution in [-0.4, -0.2) is 30.4 Å². The van der Waals surface area contributed by atoms with Gasteiger partial charge in [-0.15, -0.1) is 0 Å². The van der Waals surface area contributed by atoms with Gasteiger partial charge < -0.3 is 19.3 Å². The molecule has 1 aliphatic heterocycles. The van der Waals surface area contributed by atoms with E-state index in [1.54, 1.807) is 42.5 Å².